The van der Waals surface area contributed by atoms with E-state index in [9.17, 15) is 28.1 Å². The SMILES string of the molecule is CN(C)S(=O)(=O)CCNC(=O)[C@@H]1C[C@H](S)CN1C(=O)OCc1ccc([N+](=O)[O-])cc1. The number of hydrogen-bond acceptors (Lipinski definition) is 8. The molecular formula is C17H24N4O7S2. The summed E-state index contributed by atoms with van der Waals surface area (Å²) in [6.45, 7) is 0.00897. The quantitative estimate of drug-likeness (QED) is 0.329. The van der Waals surface area contributed by atoms with Crippen LogP contribution in [0.1, 0.15) is 12.0 Å². The van der Waals surface area contributed by atoms with E-state index in [0.29, 0.717) is 12.0 Å². The van der Waals surface area contributed by atoms with Crippen molar-refractivity contribution in [1.29, 1.82) is 0 Å². The molecule has 2 rings (SSSR count). The molecule has 1 fully saturated rings. The van der Waals surface area contributed by atoms with Crippen LogP contribution in [0.3, 0.4) is 0 Å². The lowest BCUT2D eigenvalue weighted by molar-refractivity contribution is -0.384. The number of carbonyl (C=O) groups excluding carboxylic acids is 2. The Morgan fingerprint density at radius 1 is 1.33 bits per heavy atom. The van der Waals surface area contributed by atoms with Gasteiger partial charge in [-0.2, -0.15) is 12.6 Å². The Kier molecular flexibility index (Phi) is 8.03. The number of carbonyl (C=O) groups is 2. The second kappa shape index (κ2) is 10.1. The first-order valence-corrected chi connectivity index (χ1v) is 11.2. The number of sulfonamides is 1. The van der Waals surface area contributed by atoms with Crippen LogP contribution in [-0.2, 0) is 26.2 Å². The first-order valence-electron chi connectivity index (χ1n) is 9.04. The van der Waals surface area contributed by atoms with E-state index in [0.717, 1.165) is 4.31 Å². The lowest BCUT2D eigenvalue weighted by Crippen LogP contribution is -2.47. The zero-order chi connectivity index (χ0) is 22.5. The summed E-state index contributed by atoms with van der Waals surface area (Å²) < 4.78 is 29.9. The summed E-state index contributed by atoms with van der Waals surface area (Å²) in [6.07, 6.45) is -0.409. The van der Waals surface area contributed by atoms with E-state index in [1.165, 1.54) is 43.3 Å². The topological polar surface area (TPSA) is 139 Å². The molecule has 1 heterocycles. The number of non-ortho nitro benzene ring substituents is 1. The highest BCUT2D eigenvalue weighted by atomic mass is 32.2. The molecule has 2 amide bonds. The molecule has 0 spiro atoms. The van der Waals surface area contributed by atoms with Gasteiger partial charge in [0, 0.05) is 44.6 Å². The Labute approximate surface area is 180 Å². The Morgan fingerprint density at radius 2 is 1.97 bits per heavy atom. The minimum absolute atomic E-state index is 0.0736. The average molecular weight is 461 g/mol. The summed E-state index contributed by atoms with van der Waals surface area (Å²) in [5.41, 5.74) is 0.487. The van der Waals surface area contributed by atoms with E-state index >= 15 is 0 Å². The number of ether oxygens (including phenoxy) is 1. The molecule has 0 saturated carbocycles. The molecule has 13 heteroatoms. The van der Waals surface area contributed by atoms with Gasteiger partial charge in [0.05, 0.1) is 10.7 Å². The molecule has 1 aliphatic rings. The lowest BCUT2D eigenvalue weighted by Gasteiger charge is -2.23. The van der Waals surface area contributed by atoms with E-state index in [4.69, 9.17) is 4.74 Å². The van der Waals surface area contributed by atoms with Crippen molar-refractivity contribution in [3.8, 4) is 0 Å². The Hall–Kier alpha value is -2.38. The number of nitro benzene ring substituents is 1. The number of nitro groups is 1. The van der Waals surface area contributed by atoms with Crippen LogP contribution < -0.4 is 5.32 Å². The summed E-state index contributed by atoms with van der Waals surface area (Å²) in [7, 11) is -0.639. The van der Waals surface area contributed by atoms with E-state index in [2.05, 4.69) is 17.9 Å². The van der Waals surface area contributed by atoms with E-state index < -0.39 is 33.0 Å². The van der Waals surface area contributed by atoms with Gasteiger partial charge in [-0.3, -0.25) is 19.8 Å². The van der Waals surface area contributed by atoms with Gasteiger partial charge in [0.1, 0.15) is 12.6 Å². The van der Waals surface area contributed by atoms with Crippen LogP contribution in [0.25, 0.3) is 0 Å². The van der Waals surface area contributed by atoms with Gasteiger partial charge < -0.3 is 10.1 Å². The van der Waals surface area contributed by atoms with Crippen LogP contribution in [0, 0.1) is 10.1 Å². The lowest BCUT2D eigenvalue weighted by atomic mass is 10.2. The smallest absolute Gasteiger partial charge is 0.410 e. The molecule has 30 heavy (non-hydrogen) atoms. The predicted molar refractivity (Wildman–Crippen MR) is 112 cm³/mol. The van der Waals surface area contributed by atoms with Crippen molar-refractivity contribution in [2.75, 3.05) is 32.9 Å². The zero-order valence-corrected chi connectivity index (χ0v) is 18.3. The van der Waals surface area contributed by atoms with Crippen molar-refractivity contribution >= 4 is 40.3 Å². The number of likely N-dealkylation sites (tertiary alicyclic amines) is 1. The van der Waals surface area contributed by atoms with Gasteiger partial charge in [0.25, 0.3) is 5.69 Å². The molecule has 1 N–H and O–H groups in total. The first kappa shape index (κ1) is 23.9. The number of rotatable bonds is 8. The number of hydrogen-bond donors (Lipinski definition) is 2. The fraction of sp³-hybridized carbons (Fsp3) is 0.529. The average Bonchev–Trinajstić information content (AvgIpc) is 3.08. The van der Waals surface area contributed by atoms with Crippen molar-refractivity contribution in [3.63, 3.8) is 0 Å². The fourth-order valence-corrected chi connectivity index (χ4v) is 3.91. The van der Waals surface area contributed by atoms with Crippen molar-refractivity contribution in [2.24, 2.45) is 0 Å². The molecule has 1 aliphatic heterocycles. The third-order valence-corrected chi connectivity index (χ3v) is 6.75. The van der Waals surface area contributed by atoms with Crippen molar-refractivity contribution in [2.45, 2.75) is 24.3 Å². The highest BCUT2D eigenvalue weighted by Gasteiger charge is 2.39. The van der Waals surface area contributed by atoms with Gasteiger partial charge in [-0.25, -0.2) is 17.5 Å². The van der Waals surface area contributed by atoms with E-state index in [1.54, 1.807) is 0 Å². The number of benzene rings is 1. The summed E-state index contributed by atoms with van der Waals surface area (Å²) >= 11 is 4.34. The summed E-state index contributed by atoms with van der Waals surface area (Å²) in [5, 5.41) is 13.0. The number of amides is 2. The molecule has 0 aromatic heterocycles. The normalized spacial score (nSPS) is 19.0. The van der Waals surface area contributed by atoms with Gasteiger partial charge in [0.15, 0.2) is 0 Å². The van der Waals surface area contributed by atoms with Crippen LogP contribution in [0.4, 0.5) is 10.5 Å². The first-order chi connectivity index (χ1) is 14.0. The molecule has 1 aromatic carbocycles. The molecule has 0 bridgehead atoms. The van der Waals surface area contributed by atoms with Crippen molar-refractivity contribution in [3.05, 3.63) is 39.9 Å². The monoisotopic (exact) mass is 460 g/mol. The minimum Gasteiger partial charge on any atom is -0.445 e. The zero-order valence-electron chi connectivity index (χ0n) is 16.6. The van der Waals surface area contributed by atoms with Gasteiger partial charge in [-0.1, -0.05) is 0 Å². The van der Waals surface area contributed by atoms with Gasteiger partial charge >= 0.3 is 6.09 Å². The summed E-state index contributed by atoms with van der Waals surface area (Å²) in [6, 6.07) is 4.75. The molecule has 1 aromatic rings. The van der Waals surface area contributed by atoms with Crippen molar-refractivity contribution in [1.82, 2.24) is 14.5 Å². The van der Waals surface area contributed by atoms with Gasteiger partial charge in [-0.15, -0.1) is 0 Å². The standard InChI is InChI=1S/C17H24N4O7S2/c1-19(2)30(26,27)8-7-18-16(22)15-9-14(29)10-20(15)17(23)28-11-12-3-5-13(6-4-12)21(24)25/h3-6,14-15,29H,7-11H2,1-2H3,(H,18,22)/t14-,15-/m0/s1. The summed E-state index contributed by atoms with van der Waals surface area (Å²) in [4.78, 5) is 36.3. The van der Waals surface area contributed by atoms with Crippen LogP contribution in [-0.4, -0.2) is 78.8 Å². The number of thiol groups is 1. The van der Waals surface area contributed by atoms with Crippen LogP contribution >= 0.6 is 12.6 Å². The third-order valence-electron chi connectivity index (χ3n) is 4.54. The molecule has 0 aliphatic carbocycles. The molecule has 166 valence electrons. The minimum atomic E-state index is -3.45. The highest BCUT2D eigenvalue weighted by Crippen LogP contribution is 2.23. The van der Waals surface area contributed by atoms with Crippen LogP contribution in [0.15, 0.2) is 24.3 Å². The van der Waals surface area contributed by atoms with Crippen LogP contribution in [0.5, 0.6) is 0 Å². The van der Waals surface area contributed by atoms with Crippen molar-refractivity contribution < 1.29 is 27.7 Å². The molecule has 1 saturated heterocycles. The maximum atomic E-state index is 12.5. The van der Waals surface area contributed by atoms with Gasteiger partial charge in [-0.05, 0) is 24.1 Å². The molecule has 2 atom stereocenters. The third kappa shape index (κ3) is 6.31. The maximum absolute atomic E-state index is 12.5. The second-order valence-corrected chi connectivity index (χ2v) is 9.96. The number of nitrogens with zero attached hydrogens (tertiary/aromatic N) is 3. The highest BCUT2D eigenvalue weighted by molar-refractivity contribution is 7.89. The van der Waals surface area contributed by atoms with E-state index in [-0.39, 0.29) is 36.4 Å². The van der Waals surface area contributed by atoms with Crippen LogP contribution in [0.2, 0.25) is 0 Å². The Balaban J connectivity index is 1.91. The fourth-order valence-electron chi connectivity index (χ4n) is 2.81. The predicted octanol–water partition coefficient (Wildman–Crippen LogP) is 0.612. The molecule has 0 radical (unpaired) electrons. The largest absolute Gasteiger partial charge is 0.445 e. The number of nitrogens with one attached hydrogen (secondary N) is 1. The summed E-state index contributed by atoms with van der Waals surface area (Å²) in [5.74, 6) is -0.735. The molecule has 11 nitrogen and oxygen atoms in total. The van der Waals surface area contributed by atoms with Gasteiger partial charge in [0.2, 0.25) is 15.9 Å². The molecule has 0 unspecified atom stereocenters. The van der Waals surface area contributed by atoms with E-state index in [1.807, 2.05) is 0 Å². The maximum Gasteiger partial charge on any atom is 0.410 e. The second-order valence-electron chi connectivity index (χ2n) is 6.93. The Morgan fingerprint density at radius 3 is 2.53 bits per heavy atom. The molecular weight excluding hydrogens is 436 g/mol. The Bertz CT molecular complexity index is 890.